The maximum Gasteiger partial charge on any atom is 0.133 e. The minimum Gasteiger partial charge on any atom is -0.317 e. The Morgan fingerprint density at radius 1 is 1.18 bits per heavy atom. The number of hydrogen-bond donors (Lipinski definition) is 1. The van der Waals surface area contributed by atoms with E-state index < -0.39 is 0 Å². The van der Waals surface area contributed by atoms with E-state index in [0.29, 0.717) is 6.04 Å². The Hall–Kier alpha value is -0.900. The van der Waals surface area contributed by atoms with E-state index in [-0.39, 0.29) is 0 Å². The predicted molar refractivity (Wildman–Crippen MR) is 66.8 cm³/mol. The van der Waals surface area contributed by atoms with Gasteiger partial charge in [0.15, 0.2) is 0 Å². The zero-order valence-corrected chi connectivity index (χ0v) is 10.4. The smallest absolute Gasteiger partial charge is 0.133 e. The number of rotatable bonds is 3. The van der Waals surface area contributed by atoms with E-state index in [4.69, 9.17) is 0 Å². The van der Waals surface area contributed by atoms with Crippen LogP contribution in [-0.2, 0) is 6.42 Å². The summed E-state index contributed by atoms with van der Waals surface area (Å²) in [6.07, 6.45) is 11.1. The minimum atomic E-state index is 0.627. The molecule has 0 aromatic carbocycles. The summed E-state index contributed by atoms with van der Waals surface area (Å²) in [4.78, 5) is 0. The number of aromatic nitrogens is 3. The van der Waals surface area contributed by atoms with Crippen LogP contribution in [0.15, 0.2) is 6.33 Å². The van der Waals surface area contributed by atoms with Gasteiger partial charge in [-0.2, -0.15) is 0 Å². The Bertz CT molecular complexity index is 348. The van der Waals surface area contributed by atoms with E-state index in [9.17, 15) is 0 Å². The van der Waals surface area contributed by atoms with Crippen molar-refractivity contribution in [2.24, 2.45) is 5.92 Å². The van der Waals surface area contributed by atoms with Gasteiger partial charge < -0.3 is 9.88 Å². The van der Waals surface area contributed by atoms with Crippen molar-refractivity contribution in [3.8, 4) is 0 Å². The van der Waals surface area contributed by atoms with Gasteiger partial charge in [0.2, 0.25) is 0 Å². The van der Waals surface area contributed by atoms with Crippen LogP contribution in [0.3, 0.4) is 0 Å². The molecule has 0 unspecified atom stereocenters. The summed E-state index contributed by atoms with van der Waals surface area (Å²) < 4.78 is 2.35. The van der Waals surface area contributed by atoms with Crippen molar-refractivity contribution in [3.05, 3.63) is 12.2 Å². The quantitative estimate of drug-likeness (QED) is 0.869. The molecule has 1 aromatic heterocycles. The number of nitrogens with one attached hydrogen (secondary N) is 1. The second-order valence-electron chi connectivity index (χ2n) is 5.49. The molecule has 0 atom stereocenters. The summed E-state index contributed by atoms with van der Waals surface area (Å²) in [6.45, 7) is 2.26. The lowest BCUT2D eigenvalue weighted by atomic mass is 10.0. The normalized spacial score (nSPS) is 23.3. The molecule has 94 valence electrons. The molecule has 0 amide bonds. The van der Waals surface area contributed by atoms with Gasteiger partial charge in [-0.3, -0.25) is 0 Å². The standard InChI is InChI=1S/C13H22N4/c1-2-4-11(3-1)9-13-16-15-10-17(13)12-5-7-14-8-6-12/h10-12,14H,1-9H2. The first kappa shape index (κ1) is 11.2. The lowest BCUT2D eigenvalue weighted by Gasteiger charge is -2.25. The van der Waals surface area contributed by atoms with E-state index in [1.165, 1.54) is 44.3 Å². The third-order valence-electron chi connectivity index (χ3n) is 4.30. The second kappa shape index (κ2) is 5.17. The summed E-state index contributed by atoms with van der Waals surface area (Å²) in [7, 11) is 0. The average Bonchev–Trinajstić information content (AvgIpc) is 3.02. The first-order chi connectivity index (χ1) is 8.43. The predicted octanol–water partition coefficient (Wildman–Crippen LogP) is 1.94. The number of piperidine rings is 1. The van der Waals surface area contributed by atoms with Gasteiger partial charge in [0.25, 0.3) is 0 Å². The van der Waals surface area contributed by atoms with Crippen LogP contribution >= 0.6 is 0 Å². The van der Waals surface area contributed by atoms with E-state index in [0.717, 1.165) is 25.4 Å². The van der Waals surface area contributed by atoms with Gasteiger partial charge in [-0.1, -0.05) is 25.7 Å². The van der Waals surface area contributed by atoms with Gasteiger partial charge in [-0.25, -0.2) is 0 Å². The van der Waals surface area contributed by atoms with Crippen molar-refractivity contribution in [2.75, 3.05) is 13.1 Å². The monoisotopic (exact) mass is 234 g/mol. The maximum atomic E-state index is 4.35. The molecular formula is C13H22N4. The van der Waals surface area contributed by atoms with Crippen LogP contribution in [0.25, 0.3) is 0 Å². The zero-order valence-electron chi connectivity index (χ0n) is 10.4. The van der Waals surface area contributed by atoms with Crippen molar-refractivity contribution < 1.29 is 0 Å². The van der Waals surface area contributed by atoms with Crippen LogP contribution in [0.1, 0.15) is 50.4 Å². The summed E-state index contributed by atoms with van der Waals surface area (Å²) >= 11 is 0. The topological polar surface area (TPSA) is 42.7 Å². The summed E-state index contributed by atoms with van der Waals surface area (Å²) in [6, 6.07) is 0.627. The molecule has 0 radical (unpaired) electrons. The zero-order chi connectivity index (χ0) is 11.5. The van der Waals surface area contributed by atoms with E-state index in [1.54, 1.807) is 0 Å². The third-order valence-corrected chi connectivity index (χ3v) is 4.30. The molecule has 1 aliphatic heterocycles. The highest BCUT2D eigenvalue weighted by Gasteiger charge is 2.22. The van der Waals surface area contributed by atoms with E-state index in [2.05, 4.69) is 20.1 Å². The molecule has 1 aliphatic carbocycles. The molecule has 1 saturated carbocycles. The Morgan fingerprint density at radius 2 is 1.94 bits per heavy atom. The molecule has 1 saturated heterocycles. The highest BCUT2D eigenvalue weighted by atomic mass is 15.3. The Morgan fingerprint density at radius 3 is 2.71 bits per heavy atom. The second-order valence-corrected chi connectivity index (χ2v) is 5.49. The number of nitrogens with zero attached hydrogens (tertiary/aromatic N) is 3. The fourth-order valence-electron chi connectivity index (χ4n) is 3.28. The SMILES string of the molecule is c1nnc(CC2CCCC2)n1C1CCNCC1. The molecule has 4 heteroatoms. The molecule has 1 N–H and O–H groups in total. The largest absolute Gasteiger partial charge is 0.317 e. The summed E-state index contributed by atoms with van der Waals surface area (Å²) in [5.74, 6) is 2.09. The van der Waals surface area contributed by atoms with Crippen LogP contribution in [0.2, 0.25) is 0 Å². The fraction of sp³-hybridized carbons (Fsp3) is 0.846. The highest BCUT2D eigenvalue weighted by Crippen LogP contribution is 2.29. The van der Waals surface area contributed by atoms with Gasteiger partial charge in [-0.05, 0) is 31.8 Å². The Kier molecular flexibility index (Phi) is 3.41. The van der Waals surface area contributed by atoms with Crippen LogP contribution in [0, 0.1) is 5.92 Å². The van der Waals surface area contributed by atoms with Crippen molar-refractivity contribution in [3.63, 3.8) is 0 Å². The molecule has 1 aromatic rings. The molecule has 0 spiro atoms. The van der Waals surface area contributed by atoms with Crippen LogP contribution in [0.4, 0.5) is 0 Å². The number of hydrogen-bond acceptors (Lipinski definition) is 3. The molecule has 3 rings (SSSR count). The highest BCUT2D eigenvalue weighted by molar-refractivity contribution is 4.93. The van der Waals surface area contributed by atoms with Crippen LogP contribution < -0.4 is 5.32 Å². The Balaban J connectivity index is 1.69. The average molecular weight is 234 g/mol. The van der Waals surface area contributed by atoms with Crippen molar-refractivity contribution >= 4 is 0 Å². The summed E-state index contributed by atoms with van der Waals surface area (Å²) in [5.41, 5.74) is 0. The van der Waals surface area contributed by atoms with E-state index >= 15 is 0 Å². The maximum absolute atomic E-state index is 4.35. The van der Waals surface area contributed by atoms with Gasteiger partial charge in [-0.15, -0.1) is 10.2 Å². The van der Waals surface area contributed by atoms with Crippen LogP contribution in [-0.4, -0.2) is 27.9 Å². The molecule has 17 heavy (non-hydrogen) atoms. The molecule has 2 fully saturated rings. The van der Waals surface area contributed by atoms with Gasteiger partial charge in [0.1, 0.15) is 12.2 Å². The first-order valence-electron chi connectivity index (χ1n) is 7.02. The van der Waals surface area contributed by atoms with E-state index in [1.807, 2.05) is 6.33 Å². The molecule has 0 bridgehead atoms. The van der Waals surface area contributed by atoms with Crippen molar-refractivity contribution in [1.29, 1.82) is 0 Å². The Labute approximate surface area is 103 Å². The lowest BCUT2D eigenvalue weighted by molar-refractivity contribution is 0.353. The summed E-state index contributed by atoms with van der Waals surface area (Å²) in [5, 5.41) is 11.9. The van der Waals surface area contributed by atoms with Crippen molar-refractivity contribution in [2.45, 2.75) is 51.0 Å². The van der Waals surface area contributed by atoms with Gasteiger partial charge >= 0.3 is 0 Å². The van der Waals surface area contributed by atoms with Gasteiger partial charge in [0.05, 0.1) is 0 Å². The molecular weight excluding hydrogens is 212 g/mol. The molecule has 4 nitrogen and oxygen atoms in total. The first-order valence-corrected chi connectivity index (χ1v) is 7.02. The van der Waals surface area contributed by atoms with Crippen LogP contribution in [0.5, 0.6) is 0 Å². The molecule has 2 heterocycles. The minimum absolute atomic E-state index is 0.627. The molecule has 2 aliphatic rings. The van der Waals surface area contributed by atoms with Crippen molar-refractivity contribution in [1.82, 2.24) is 20.1 Å². The van der Waals surface area contributed by atoms with Gasteiger partial charge in [0, 0.05) is 12.5 Å². The fourth-order valence-corrected chi connectivity index (χ4v) is 3.28. The third kappa shape index (κ3) is 2.51. The lowest BCUT2D eigenvalue weighted by Crippen LogP contribution is -2.30.